The molecule has 0 aromatic heterocycles. The summed E-state index contributed by atoms with van der Waals surface area (Å²) in [6, 6.07) is 12.8. The van der Waals surface area contributed by atoms with Crippen molar-refractivity contribution < 1.29 is 14.6 Å². The van der Waals surface area contributed by atoms with Crippen molar-refractivity contribution in [2.24, 2.45) is 0 Å². The van der Waals surface area contributed by atoms with E-state index in [-0.39, 0.29) is 0 Å². The molecule has 0 aliphatic rings. The topological polar surface area (TPSA) is 46.5 Å². The van der Waals surface area contributed by atoms with E-state index in [1.807, 2.05) is 30.3 Å². The van der Waals surface area contributed by atoms with Crippen molar-refractivity contribution >= 4 is 40.9 Å². The maximum atomic E-state index is 11.3. The van der Waals surface area contributed by atoms with Gasteiger partial charge in [0.15, 0.2) is 0 Å². The van der Waals surface area contributed by atoms with Crippen LogP contribution < -0.4 is 4.74 Å². The summed E-state index contributed by atoms with van der Waals surface area (Å²) in [5.74, 6) is -0.197. The molecule has 0 aliphatic heterocycles. The Labute approximate surface area is 155 Å². The molecule has 0 heterocycles. The number of ether oxygens (including phenoxy) is 1. The zero-order valence-corrected chi connectivity index (χ0v) is 15.7. The first-order valence-corrected chi connectivity index (χ1v) is 8.95. The van der Waals surface area contributed by atoms with Gasteiger partial charge in [0.25, 0.3) is 0 Å². The van der Waals surface area contributed by atoms with Crippen LogP contribution >= 0.6 is 35.0 Å². The van der Waals surface area contributed by atoms with Crippen LogP contribution in [0.25, 0.3) is 0 Å². The first-order valence-electron chi connectivity index (χ1n) is 7.38. The third-order valence-electron chi connectivity index (χ3n) is 3.37. The quantitative estimate of drug-likeness (QED) is 0.633. The van der Waals surface area contributed by atoms with Crippen molar-refractivity contribution in [3.8, 4) is 5.75 Å². The van der Waals surface area contributed by atoms with Crippen LogP contribution in [-0.4, -0.2) is 22.4 Å². The number of thioether (sulfide) groups is 1. The Kier molecular flexibility index (Phi) is 6.44. The number of aliphatic carboxylic acids is 1. The largest absolute Gasteiger partial charge is 0.492 e. The number of carbonyl (C=O) groups is 1. The molecule has 2 rings (SSSR count). The van der Waals surface area contributed by atoms with Gasteiger partial charge in [-0.05, 0) is 43.7 Å². The molecular weight excluding hydrogens is 367 g/mol. The summed E-state index contributed by atoms with van der Waals surface area (Å²) in [6.45, 7) is 3.78. The number of hydrogen-bond donors (Lipinski definition) is 1. The molecule has 0 amide bonds. The van der Waals surface area contributed by atoms with Gasteiger partial charge in [-0.1, -0.05) is 41.4 Å². The smallest absolute Gasteiger partial charge is 0.319 e. The number of carboxylic acid groups (broad SMARTS) is 1. The van der Waals surface area contributed by atoms with Crippen molar-refractivity contribution in [3.05, 3.63) is 58.1 Å². The molecular formula is C18H18Cl2O3S. The minimum atomic E-state index is -0.932. The molecule has 0 saturated carbocycles. The van der Waals surface area contributed by atoms with E-state index in [4.69, 9.17) is 27.9 Å². The standard InChI is InChI=1S/C18H18Cl2O3S/c1-18(2,17(21)22)24-16-6-4-3-5-15(16)23-10-9-12-7-8-13(19)11-14(12)20/h3-8,11H,9-10H2,1-2H3,(H,21,22). The van der Waals surface area contributed by atoms with Gasteiger partial charge in [0.1, 0.15) is 10.5 Å². The van der Waals surface area contributed by atoms with Crippen LogP contribution in [0.15, 0.2) is 47.4 Å². The average molecular weight is 385 g/mol. The first-order chi connectivity index (χ1) is 11.3. The van der Waals surface area contributed by atoms with Gasteiger partial charge in [-0.15, -0.1) is 11.8 Å². The Balaban J connectivity index is 2.04. The van der Waals surface area contributed by atoms with Crippen LogP contribution in [0.5, 0.6) is 5.75 Å². The molecule has 2 aromatic carbocycles. The number of benzene rings is 2. The van der Waals surface area contributed by atoms with Crippen molar-refractivity contribution in [2.75, 3.05) is 6.61 Å². The molecule has 0 bridgehead atoms. The third kappa shape index (κ3) is 5.07. The van der Waals surface area contributed by atoms with Crippen molar-refractivity contribution in [2.45, 2.75) is 29.9 Å². The van der Waals surface area contributed by atoms with Crippen LogP contribution in [0, 0.1) is 0 Å². The summed E-state index contributed by atoms with van der Waals surface area (Å²) < 4.78 is 4.91. The maximum absolute atomic E-state index is 11.3. The van der Waals surface area contributed by atoms with Crippen LogP contribution in [0.2, 0.25) is 10.0 Å². The van der Waals surface area contributed by atoms with E-state index in [0.717, 1.165) is 10.5 Å². The van der Waals surface area contributed by atoms with E-state index in [1.165, 1.54) is 11.8 Å². The molecule has 0 atom stereocenters. The summed E-state index contributed by atoms with van der Waals surface area (Å²) in [4.78, 5) is 12.1. The number of hydrogen-bond acceptors (Lipinski definition) is 3. The van der Waals surface area contributed by atoms with Gasteiger partial charge >= 0.3 is 5.97 Å². The number of halogens is 2. The number of para-hydroxylation sites is 1. The number of carboxylic acids is 1. The van der Waals surface area contributed by atoms with Gasteiger partial charge in [-0.25, -0.2) is 0 Å². The summed E-state index contributed by atoms with van der Waals surface area (Å²) in [5, 5.41) is 10.5. The Morgan fingerprint density at radius 2 is 1.92 bits per heavy atom. The summed E-state index contributed by atoms with van der Waals surface area (Å²) >= 11 is 13.3. The normalized spacial score (nSPS) is 11.3. The summed E-state index contributed by atoms with van der Waals surface area (Å²) in [6.07, 6.45) is 0.636. The van der Waals surface area contributed by atoms with Gasteiger partial charge in [-0.2, -0.15) is 0 Å². The fourth-order valence-electron chi connectivity index (χ4n) is 1.97. The van der Waals surface area contributed by atoms with Crippen LogP contribution in [-0.2, 0) is 11.2 Å². The lowest BCUT2D eigenvalue weighted by atomic mass is 10.2. The summed E-state index contributed by atoms with van der Waals surface area (Å²) in [5.41, 5.74) is 0.956. The fraction of sp³-hybridized carbons (Fsp3) is 0.278. The zero-order valence-electron chi connectivity index (χ0n) is 13.4. The van der Waals surface area contributed by atoms with Crippen LogP contribution in [0.1, 0.15) is 19.4 Å². The van der Waals surface area contributed by atoms with Crippen LogP contribution in [0.3, 0.4) is 0 Å². The molecule has 0 radical (unpaired) electrons. The second-order valence-corrected chi connectivity index (χ2v) is 8.21. The molecule has 0 fully saturated rings. The second kappa shape index (κ2) is 8.15. The highest BCUT2D eigenvalue weighted by Gasteiger charge is 2.29. The van der Waals surface area contributed by atoms with Gasteiger partial charge in [0, 0.05) is 16.5 Å². The first kappa shape index (κ1) is 19.0. The highest BCUT2D eigenvalue weighted by molar-refractivity contribution is 8.01. The van der Waals surface area contributed by atoms with E-state index in [0.29, 0.717) is 28.8 Å². The highest BCUT2D eigenvalue weighted by atomic mass is 35.5. The summed E-state index contributed by atoms with van der Waals surface area (Å²) in [7, 11) is 0. The van der Waals surface area contributed by atoms with Gasteiger partial charge in [-0.3, -0.25) is 4.79 Å². The maximum Gasteiger partial charge on any atom is 0.319 e. The number of rotatable bonds is 7. The Bertz CT molecular complexity index is 732. The monoisotopic (exact) mass is 384 g/mol. The lowest BCUT2D eigenvalue weighted by molar-refractivity contribution is -0.138. The SMILES string of the molecule is CC(C)(Sc1ccccc1OCCc1ccc(Cl)cc1Cl)C(=O)O. The van der Waals surface area contributed by atoms with E-state index in [9.17, 15) is 9.90 Å². The molecule has 1 N–H and O–H groups in total. The lowest BCUT2D eigenvalue weighted by Gasteiger charge is -2.20. The zero-order chi connectivity index (χ0) is 17.7. The van der Waals surface area contributed by atoms with E-state index in [1.54, 1.807) is 26.0 Å². The molecule has 3 nitrogen and oxygen atoms in total. The van der Waals surface area contributed by atoms with Gasteiger partial charge < -0.3 is 9.84 Å². The Morgan fingerprint density at radius 3 is 2.58 bits per heavy atom. The lowest BCUT2D eigenvalue weighted by Crippen LogP contribution is -2.27. The third-order valence-corrected chi connectivity index (χ3v) is 5.20. The predicted molar refractivity (Wildman–Crippen MR) is 99.7 cm³/mol. The average Bonchev–Trinajstić information content (AvgIpc) is 2.50. The molecule has 0 spiro atoms. The van der Waals surface area contributed by atoms with Crippen LogP contribution in [0.4, 0.5) is 0 Å². The van der Waals surface area contributed by atoms with Gasteiger partial charge in [0.05, 0.1) is 11.5 Å². The predicted octanol–water partition coefficient (Wildman–Crippen LogP) is 5.57. The molecule has 6 heteroatoms. The van der Waals surface area contributed by atoms with Crippen molar-refractivity contribution in [1.82, 2.24) is 0 Å². The van der Waals surface area contributed by atoms with E-state index < -0.39 is 10.7 Å². The minimum Gasteiger partial charge on any atom is -0.492 e. The highest BCUT2D eigenvalue weighted by Crippen LogP contribution is 2.38. The molecule has 2 aromatic rings. The molecule has 128 valence electrons. The molecule has 0 unspecified atom stereocenters. The minimum absolute atomic E-state index is 0.437. The molecule has 0 aliphatic carbocycles. The second-order valence-electron chi connectivity index (χ2n) is 5.70. The molecule has 24 heavy (non-hydrogen) atoms. The van der Waals surface area contributed by atoms with Crippen molar-refractivity contribution in [3.63, 3.8) is 0 Å². The Hall–Kier alpha value is -1.36. The Morgan fingerprint density at radius 1 is 1.21 bits per heavy atom. The van der Waals surface area contributed by atoms with E-state index >= 15 is 0 Å². The van der Waals surface area contributed by atoms with E-state index in [2.05, 4.69) is 0 Å². The molecule has 0 saturated heterocycles. The van der Waals surface area contributed by atoms with Gasteiger partial charge in [0.2, 0.25) is 0 Å². The fourth-order valence-corrected chi connectivity index (χ4v) is 3.48. The van der Waals surface area contributed by atoms with Crippen molar-refractivity contribution in [1.29, 1.82) is 0 Å².